The first kappa shape index (κ1) is 27.4. The Morgan fingerprint density at radius 3 is 2.63 bits per heavy atom. The first-order valence-corrected chi connectivity index (χ1v) is 14.3. The van der Waals surface area contributed by atoms with Gasteiger partial charge in [-0.1, -0.05) is 54.6 Å². The summed E-state index contributed by atoms with van der Waals surface area (Å²) in [5, 5.41) is 6.76. The lowest BCUT2D eigenvalue weighted by atomic mass is 9.74. The minimum atomic E-state index is -1.18. The smallest absolute Gasteiger partial charge is 0.246 e. The number of nitrogens with zero attached hydrogens (tertiary/aromatic N) is 1. The van der Waals surface area contributed by atoms with Gasteiger partial charge in [-0.3, -0.25) is 14.4 Å². The molecule has 3 aliphatic heterocycles. The number of carbonyl (C=O) groups is 3. The van der Waals surface area contributed by atoms with E-state index in [2.05, 4.69) is 10.6 Å². The molecular formula is C28H35Cl2N3O5. The van der Waals surface area contributed by atoms with Gasteiger partial charge in [0.05, 0.1) is 34.1 Å². The van der Waals surface area contributed by atoms with E-state index in [9.17, 15) is 14.4 Å². The third kappa shape index (κ3) is 5.08. The van der Waals surface area contributed by atoms with Gasteiger partial charge in [0, 0.05) is 24.9 Å². The number of carbonyl (C=O) groups excluding carboxylic acids is 3. The number of amides is 3. The molecule has 5 atom stereocenters. The van der Waals surface area contributed by atoms with Crippen LogP contribution in [0.2, 0.25) is 10.0 Å². The first-order chi connectivity index (χ1) is 18.2. The lowest BCUT2D eigenvalue weighted by molar-refractivity contribution is -0.141. The van der Waals surface area contributed by atoms with E-state index < -0.39 is 29.6 Å². The largest absolute Gasteiger partial charge is 0.379 e. The van der Waals surface area contributed by atoms with Crippen LogP contribution in [0.25, 0.3) is 0 Å². The number of benzene rings is 1. The molecule has 3 heterocycles. The van der Waals surface area contributed by atoms with E-state index in [1.165, 1.54) is 6.42 Å². The minimum Gasteiger partial charge on any atom is -0.379 e. The lowest BCUT2D eigenvalue weighted by Gasteiger charge is -2.34. The molecule has 0 aromatic heterocycles. The summed E-state index contributed by atoms with van der Waals surface area (Å²) >= 11 is 12.1. The normalized spacial score (nSPS) is 30.2. The molecule has 2 bridgehead atoms. The number of fused-ring (bicyclic) bond motifs is 1. The molecule has 38 heavy (non-hydrogen) atoms. The number of anilines is 1. The van der Waals surface area contributed by atoms with Gasteiger partial charge < -0.3 is 25.0 Å². The van der Waals surface area contributed by atoms with Gasteiger partial charge in [-0.2, -0.15) is 0 Å². The van der Waals surface area contributed by atoms with Gasteiger partial charge in [-0.05, 0) is 51.3 Å². The molecular weight excluding hydrogens is 529 g/mol. The molecule has 0 unspecified atom stereocenters. The lowest BCUT2D eigenvalue weighted by Crippen LogP contribution is -2.56. The second-order valence-corrected chi connectivity index (χ2v) is 11.8. The number of ether oxygens (including phenoxy) is 2. The molecule has 3 amide bonds. The Morgan fingerprint density at radius 2 is 1.92 bits per heavy atom. The maximum atomic E-state index is 13.9. The molecule has 2 N–H and O–H groups in total. The predicted octanol–water partition coefficient (Wildman–Crippen LogP) is 4.35. The Balaban J connectivity index is 1.39. The molecule has 1 aromatic carbocycles. The molecule has 0 radical (unpaired) electrons. The highest BCUT2D eigenvalue weighted by molar-refractivity contribution is 6.42. The van der Waals surface area contributed by atoms with Crippen molar-refractivity contribution in [3.63, 3.8) is 0 Å². The summed E-state index contributed by atoms with van der Waals surface area (Å²) in [4.78, 5) is 42.9. The van der Waals surface area contributed by atoms with Crippen molar-refractivity contribution in [2.24, 2.45) is 11.8 Å². The van der Waals surface area contributed by atoms with E-state index in [4.69, 9.17) is 32.7 Å². The van der Waals surface area contributed by atoms with Crippen LogP contribution in [0.1, 0.15) is 52.4 Å². The van der Waals surface area contributed by atoms with Crippen LogP contribution in [0, 0.1) is 11.8 Å². The molecule has 1 aromatic rings. The first-order valence-electron chi connectivity index (χ1n) is 13.6. The van der Waals surface area contributed by atoms with Crippen LogP contribution >= 0.6 is 23.2 Å². The van der Waals surface area contributed by atoms with Crippen LogP contribution in [0.4, 0.5) is 5.69 Å². The van der Waals surface area contributed by atoms with Gasteiger partial charge in [0.15, 0.2) is 0 Å². The molecule has 4 aliphatic rings. The fourth-order valence-electron chi connectivity index (χ4n) is 6.39. The van der Waals surface area contributed by atoms with E-state index in [1.54, 1.807) is 23.1 Å². The van der Waals surface area contributed by atoms with Gasteiger partial charge in [0.2, 0.25) is 17.7 Å². The molecule has 1 spiro atoms. The summed E-state index contributed by atoms with van der Waals surface area (Å²) in [6, 6.07) is 4.07. The van der Waals surface area contributed by atoms with Crippen molar-refractivity contribution in [1.29, 1.82) is 0 Å². The molecule has 1 aliphatic carbocycles. The summed E-state index contributed by atoms with van der Waals surface area (Å²) < 4.78 is 12.1. The van der Waals surface area contributed by atoms with Crippen molar-refractivity contribution in [3.8, 4) is 0 Å². The molecule has 10 heteroatoms. The Kier molecular flexibility index (Phi) is 8.06. The predicted molar refractivity (Wildman–Crippen MR) is 145 cm³/mol. The number of hydrogen-bond donors (Lipinski definition) is 2. The number of hydrogen-bond acceptors (Lipinski definition) is 5. The molecule has 206 valence electrons. The number of likely N-dealkylation sites (tertiary alicyclic amines) is 1. The maximum Gasteiger partial charge on any atom is 0.246 e. The van der Waals surface area contributed by atoms with E-state index in [0.29, 0.717) is 35.3 Å². The van der Waals surface area contributed by atoms with Crippen molar-refractivity contribution >= 4 is 46.6 Å². The van der Waals surface area contributed by atoms with Gasteiger partial charge >= 0.3 is 0 Å². The number of halogens is 2. The van der Waals surface area contributed by atoms with Gasteiger partial charge in [-0.25, -0.2) is 0 Å². The number of nitrogens with one attached hydrogen (secondary N) is 2. The highest BCUT2D eigenvalue weighted by Crippen LogP contribution is 2.55. The average molecular weight is 565 g/mol. The molecule has 2 saturated heterocycles. The van der Waals surface area contributed by atoms with Crippen molar-refractivity contribution in [2.75, 3.05) is 18.5 Å². The Bertz CT molecular complexity index is 1120. The standard InChI is InChI=1S/C28H35Cl2N3O5/c1-16(2)37-14-6-13-33-24(26(35)31-17-7-4-3-5-8-17)28-12-11-21(38-28)22(23(28)27(33)36)25(34)32-18-9-10-19(29)20(30)15-18/h9-12,15-17,21-24H,3-8,13-14H2,1-2H3,(H,31,35)(H,32,34)/t21-,22-,23-,24-,28+/m1/s1. The van der Waals surface area contributed by atoms with Crippen LogP contribution in [-0.4, -0.2) is 65.7 Å². The third-order valence-electron chi connectivity index (χ3n) is 8.06. The Hall–Kier alpha value is -2.13. The maximum absolute atomic E-state index is 13.9. The third-order valence-corrected chi connectivity index (χ3v) is 8.80. The highest BCUT2D eigenvalue weighted by Gasteiger charge is 2.72. The van der Waals surface area contributed by atoms with Gasteiger partial charge in [0.1, 0.15) is 11.6 Å². The summed E-state index contributed by atoms with van der Waals surface area (Å²) in [6.07, 6.45) is 8.89. The minimum absolute atomic E-state index is 0.0731. The second-order valence-electron chi connectivity index (χ2n) is 11.0. The van der Waals surface area contributed by atoms with Crippen LogP contribution in [-0.2, 0) is 23.9 Å². The van der Waals surface area contributed by atoms with E-state index in [0.717, 1.165) is 25.7 Å². The fourth-order valence-corrected chi connectivity index (χ4v) is 6.69. The summed E-state index contributed by atoms with van der Waals surface area (Å²) in [6.45, 7) is 4.73. The number of rotatable bonds is 9. The highest BCUT2D eigenvalue weighted by atomic mass is 35.5. The zero-order valence-electron chi connectivity index (χ0n) is 21.8. The van der Waals surface area contributed by atoms with E-state index in [-0.39, 0.29) is 29.9 Å². The van der Waals surface area contributed by atoms with E-state index >= 15 is 0 Å². The summed E-state index contributed by atoms with van der Waals surface area (Å²) in [7, 11) is 0. The van der Waals surface area contributed by atoms with Crippen molar-refractivity contribution < 1.29 is 23.9 Å². The van der Waals surface area contributed by atoms with Gasteiger partial charge in [0.25, 0.3) is 0 Å². The van der Waals surface area contributed by atoms with Crippen LogP contribution in [0.15, 0.2) is 30.4 Å². The molecule has 5 rings (SSSR count). The van der Waals surface area contributed by atoms with E-state index in [1.807, 2.05) is 26.0 Å². The SMILES string of the molecule is CC(C)OCCCN1C(=O)[C@H]2[C@H](C(=O)Nc3ccc(Cl)c(Cl)c3)[C@H]3C=C[C@@]2(O3)[C@H]1C(=O)NC1CCCCC1. The zero-order chi connectivity index (χ0) is 27.0. The second kappa shape index (κ2) is 11.2. The Labute approximate surface area is 233 Å². The summed E-state index contributed by atoms with van der Waals surface area (Å²) in [5.41, 5.74) is -0.705. The van der Waals surface area contributed by atoms with Gasteiger partial charge in [-0.15, -0.1) is 0 Å². The Morgan fingerprint density at radius 1 is 1.16 bits per heavy atom. The van der Waals surface area contributed by atoms with Crippen molar-refractivity contribution in [1.82, 2.24) is 10.2 Å². The monoisotopic (exact) mass is 563 g/mol. The molecule has 1 saturated carbocycles. The summed E-state index contributed by atoms with van der Waals surface area (Å²) in [5.74, 6) is -2.38. The quantitative estimate of drug-likeness (QED) is 0.344. The fraction of sp³-hybridized carbons (Fsp3) is 0.607. The van der Waals surface area contributed by atoms with Crippen LogP contribution in [0.5, 0.6) is 0 Å². The zero-order valence-corrected chi connectivity index (χ0v) is 23.3. The average Bonchev–Trinajstić information content (AvgIpc) is 3.52. The van der Waals surface area contributed by atoms with Crippen LogP contribution < -0.4 is 10.6 Å². The topological polar surface area (TPSA) is 97.0 Å². The molecule has 8 nitrogen and oxygen atoms in total. The molecule has 3 fully saturated rings. The van der Waals surface area contributed by atoms with Crippen molar-refractivity contribution in [3.05, 3.63) is 40.4 Å². The van der Waals surface area contributed by atoms with Crippen LogP contribution in [0.3, 0.4) is 0 Å². The van der Waals surface area contributed by atoms with Crippen molar-refractivity contribution in [2.45, 2.75) is 82.3 Å².